The van der Waals surface area contributed by atoms with Crippen LogP contribution in [0.2, 0.25) is 0 Å². The van der Waals surface area contributed by atoms with Gasteiger partial charge in [0.1, 0.15) is 5.75 Å². The predicted octanol–water partition coefficient (Wildman–Crippen LogP) is 5.00. The van der Waals surface area contributed by atoms with Gasteiger partial charge in [0.05, 0.1) is 0 Å². The molecule has 3 heteroatoms. The van der Waals surface area contributed by atoms with E-state index < -0.39 is 6.10 Å². The Morgan fingerprint density at radius 2 is 1.65 bits per heavy atom. The van der Waals surface area contributed by atoms with Crippen LogP contribution in [0.25, 0.3) is 0 Å². The second-order valence-corrected chi connectivity index (χ2v) is 5.75. The monoisotopic (exact) mass is 311 g/mol. The van der Waals surface area contributed by atoms with E-state index in [4.69, 9.17) is 4.74 Å². The molecule has 0 saturated heterocycles. The fraction of sp³-hybridized carbons (Fsp3) is 0.350. The third kappa shape index (κ3) is 4.85. The SMILES string of the molecule is CC[C@@H](Oc1ccccc1)C(=O)Nc1ccc([C@@H](C)CC)cc1. The number of nitrogens with one attached hydrogen (secondary N) is 1. The van der Waals surface area contributed by atoms with Gasteiger partial charge in [-0.2, -0.15) is 0 Å². The molecule has 0 bridgehead atoms. The van der Waals surface area contributed by atoms with E-state index in [2.05, 4.69) is 31.3 Å². The van der Waals surface area contributed by atoms with Crippen LogP contribution >= 0.6 is 0 Å². The van der Waals surface area contributed by atoms with Crippen molar-refractivity contribution in [2.24, 2.45) is 0 Å². The number of carbonyl (C=O) groups excluding carboxylic acids is 1. The molecule has 0 heterocycles. The predicted molar refractivity (Wildman–Crippen MR) is 94.9 cm³/mol. The Bertz CT molecular complexity index is 607. The fourth-order valence-electron chi connectivity index (χ4n) is 2.34. The summed E-state index contributed by atoms with van der Waals surface area (Å²) in [6.07, 6.45) is 1.23. The summed E-state index contributed by atoms with van der Waals surface area (Å²) in [5.74, 6) is 1.12. The van der Waals surface area contributed by atoms with Crippen LogP contribution < -0.4 is 10.1 Å². The van der Waals surface area contributed by atoms with Gasteiger partial charge in [-0.25, -0.2) is 0 Å². The van der Waals surface area contributed by atoms with Gasteiger partial charge >= 0.3 is 0 Å². The zero-order valence-electron chi connectivity index (χ0n) is 14.1. The van der Waals surface area contributed by atoms with Gasteiger partial charge < -0.3 is 10.1 Å². The van der Waals surface area contributed by atoms with Crippen LogP contribution in [0, 0.1) is 0 Å². The summed E-state index contributed by atoms with van der Waals surface area (Å²) in [7, 11) is 0. The standard InChI is InChI=1S/C20H25NO2/c1-4-15(3)16-11-13-17(14-12-16)21-20(22)19(5-2)23-18-9-7-6-8-10-18/h6-15,19H,4-5H2,1-3H3,(H,21,22)/t15-,19+/m0/s1. The van der Waals surface area contributed by atoms with Crippen molar-refractivity contribution in [3.8, 4) is 5.75 Å². The first-order valence-electron chi connectivity index (χ1n) is 8.26. The molecule has 0 aliphatic carbocycles. The van der Waals surface area contributed by atoms with Gasteiger partial charge in [0, 0.05) is 5.69 Å². The second-order valence-electron chi connectivity index (χ2n) is 5.75. The Morgan fingerprint density at radius 3 is 2.22 bits per heavy atom. The molecule has 0 radical (unpaired) electrons. The molecule has 23 heavy (non-hydrogen) atoms. The fourth-order valence-corrected chi connectivity index (χ4v) is 2.34. The molecular weight excluding hydrogens is 286 g/mol. The molecule has 122 valence electrons. The lowest BCUT2D eigenvalue weighted by Gasteiger charge is -2.17. The number of anilines is 1. The van der Waals surface area contributed by atoms with E-state index in [0.29, 0.717) is 18.1 Å². The van der Waals surface area contributed by atoms with Crippen molar-refractivity contribution >= 4 is 11.6 Å². The molecule has 0 unspecified atom stereocenters. The number of para-hydroxylation sites is 1. The van der Waals surface area contributed by atoms with Crippen molar-refractivity contribution in [2.45, 2.75) is 45.6 Å². The van der Waals surface area contributed by atoms with Crippen LogP contribution in [0.5, 0.6) is 5.75 Å². The molecule has 0 aliphatic heterocycles. The van der Waals surface area contributed by atoms with E-state index in [1.807, 2.05) is 49.4 Å². The largest absolute Gasteiger partial charge is 0.481 e. The molecule has 3 nitrogen and oxygen atoms in total. The molecule has 0 fully saturated rings. The number of hydrogen-bond donors (Lipinski definition) is 1. The Hall–Kier alpha value is -2.29. The molecule has 2 atom stereocenters. The molecule has 0 saturated carbocycles. The van der Waals surface area contributed by atoms with Crippen molar-refractivity contribution in [3.05, 3.63) is 60.2 Å². The minimum Gasteiger partial charge on any atom is -0.481 e. The summed E-state index contributed by atoms with van der Waals surface area (Å²) in [6, 6.07) is 17.5. The summed E-state index contributed by atoms with van der Waals surface area (Å²) >= 11 is 0. The van der Waals surface area contributed by atoms with E-state index >= 15 is 0 Å². The molecule has 2 rings (SSSR count). The van der Waals surface area contributed by atoms with Crippen LogP contribution in [-0.2, 0) is 4.79 Å². The number of ether oxygens (including phenoxy) is 1. The highest BCUT2D eigenvalue weighted by Gasteiger charge is 2.18. The van der Waals surface area contributed by atoms with Crippen LogP contribution in [0.15, 0.2) is 54.6 Å². The average Bonchev–Trinajstić information content (AvgIpc) is 2.60. The first-order valence-corrected chi connectivity index (χ1v) is 8.26. The number of benzene rings is 2. The zero-order chi connectivity index (χ0) is 16.7. The Balaban J connectivity index is 1.99. The summed E-state index contributed by atoms with van der Waals surface area (Å²) in [5.41, 5.74) is 2.09. The van der Waals surface area contributed by atoms with Gasteiger partial charge in [-0.05, 0) is 48.6 Å². The third-order valence-corrected chi connectivity index (χ3v) is 4.04. The Labute approximate surface area is 138 Å². The van der Waals surface area contributed by atoms with Gasteiger partial charge in [0.15, 0.2) is 6.10 Å². The molecule has 1 N–H and O–H groups in total. The van der Waals surface area contributed by atoms with Gasteiger partial charge in [-0.3, -0.25) is 4.79 Å². The van der Waals surface area contributed by atoms with Crippen molar-refractivity contribution in [1.82, 2.24) is 0 Å². The van der Waals surface area contributed by atoms with Crippen molar-refractivity contribution in [1.29, 1.82) is 0 Å². The maximum atomic E-state index is 12.4. The van der Waals surface area contributed by atoms with Gasteiger partial charge in [0.2, 0.25) is 0 Å². The summed E-state index contributed by atoms with van der Waals surface area (Å²) in [5, 5.41) is 2.93. The summed E-state index contributed by atoms with van der Waals surface area (Å²) < 4.78 is 5.76. The lowest BCUT2D eigenvalue weighted by Crippen LogP contribution is -2.32. The van der Waals surface area contributed by atoms with E-state index in [1.54, 1.807) is 0 Å². The van der Waals surface area contributed by atoms with Crippen LogP contribution in [0.4, 0.5) is 5.69 Å². The molecule has 2 aromatic carbocycles. The lowest BCUT2D eigenvalue weighted by molar-refractivity contribution is -0.122. The lowest BCUT2D eigenvalue weighted by atomic mass is 9.98. The highest BCUT2D eigenvalue weighted by molar-refractivity contribution is 5.94. The maximum absolute atomic E-state index is 12.4. The van der Waals surface area contributed by atoms with Crippen molar-refractivity contribution in [2.75, 3.05) is 5.32 Å². The van der Waals surface area contributed by atoms with E-state index in [9.17, 15) is 4.79 Å². The second kappa shape index (κ2) is 8.37. The third-order valence-electron chi connectivity index (χ3n) is 4.04. The normalized spacial score (nSPS) is 13.2. The minimum atomic E-state index is -0.494. The summed E-state index contributed by atoms with van der Waals surface area (Å²) in [4.78, 5) is 12.4. The highest BCUT2D eigenvalue weighted by atomic mass is 16.5. The average molecular weight is 311 g/mol. The van der Waals surface area contributed by atoms with Gasteiger partial charge in [-0.1, -0.05) is 51.1 Å². The van der Waals surface area contributed by atoms with Crippen LogP contribution in [-0.4, -0.2) is 12.0 Å². The van der Waals surface area contributed by atoms with Crippen LogP contribution in [0.1, 0.15) is 45.1 Å². The van der Waals surface area contributed by atoms with Gasteiger partial charge in [-0.15, -0.1) is 0 Å². The smallest absolute Gasteiger partial charge is 0.265 e. The van der Waals surface area contributed by atoms with Crippen molar-refractivity contribution in [3.63, 3.8) is 0 Å². The Kier molecular flexibility index (Phi) is 6.21. The van der Waals surface area contributed by atoms with Gasteiger partial charge in [0.25, 0.3) is 5.91 Å². The minimum absolute atomic E-state index is 0.118. The maximum Gasteiger partial charge on any atom is 0.265 e. The molecule has 1 amide bonds. The van der Waals surface area contributed by atoms with Crippen molar-refractivity contribution < 1.29 is 9.53 Å². The molecule has 0 spiro atoms. The topological polar surface area (TPSA) is 38.3 Å². The van der Waals surface area contributed by atoms with E-state index in [1.165, 1.54) is 5.56 Å². The first kappa shape index (κ1) is 17.1. The number of rotatable bonds is 7. The molecular formula is C20H25NO2. The molecule has 0 aromatic heterocycles. The number of carbonyl (C=O) groups is 1. The summed E-state index contributed by atoms with van der Waals surface area (Å²) in [6.45, 7) is 6.32. The van der Waals surface area contributed by atoms with E-state index in [0.717, 1.165) is 12.1 Å². The van der Waals surface area contributed by atoms with Crippen LogP contribution in [0.3, 0.4) is 0 Å². The first-order chi connectivity index (χ1) is 11.1. The number of amides is 1. The quantitative estimate of drug-likeness (QED) is 0.781. The zero-order valence-corrected chi connectivity index (χ0v) is 14.1. The number of hydrogen-bond acceptors (Lipinski definition) is 2. The highest BCUT2D eigenvalue weighted by Crippen LogP contribution is 2.21. The molecule has 2 aromatic rings. The molecule has 0 aliphatic rings. The Morgan fingerprint density at radius 1 is 1.00 bits per heavy atom. The van der Waals surface area contributed by atoms with E-state index in [-0.39, 0.29) is 5.91 Å².